The lowest BCUT2D eigenvalue weighted by Crippen LogP contribution is -1.93. The van der Waals surface area contributed by atoms with Crippen molar-refractivity contribution in [3.63, 3.8) is 0 Å². The molecule has 0 saturated heterocycles. The molecule has 1 N–H and O–H groups in total. The predicted molar refractivity (Wildman–Crippen MR) is 62.2 cm³/mol. The van der Waals surface area contributed by atoms with E-state index in [-0.39, 0.29) is 27.2 Å². The molecule has 0 aliphatic heterocycles. The number of aliphatic hydroxyl groups is 1. The summed E-state index contributed by atoms with van der Waals surface area (Å²) >= 11 is 3.02. The number of non-ortho nitro benzene ring substituents is 1. The van der Waals surface area contributed by atoms with Gasteiger partial charge in [-0.3, -0.25) is 10.1 Å². The van der Waals surface area contributed by atoms with Crippen molar-refractivity contribution < 1.29 is 18.9 Å². The molecule has 1 heterocycles. The molecule has 0 bridgehead atoms. The molecule has 0 fully saturated rings. The molecule has 2 rings (SSSR count). The first kappa shape index (κ1) is 12.7. The van der Waals surface area contributed by atoms with Gasteiger partial charge in [-0.05, 0) is 22.0 Å². The summed E-state index contributed by atoms with van der Waals surface area (Å²) < 4.78 is 18.7. The van der Waals surface area contributed by atoms with E-state index in [1.807, 2.05) is 0 Å². The lowest BCUT2D eigenvalue weighted by atomic mass is 10.1. The highest BCUT2D eigenvalue weighted by molar-refractivity contribution is 9.10. The molecule has 1 aromatic carbocycles. The third-order valence-electron chi connectivity index (χ3n) is 2.32. The molecule has 6 nitrogen and oxygen atoms in total. The first-order valence-corrected chi connectivity index (χ1v) is 5.53. The van der Waals surface area contributed by atoms with Crippen molar-refractivity contribution >= 4 is 21.6 Å². The number of benzene rings is 1. The van der Waals surface area contributed by atoms with Crippen LogP contribution in [0.15, 0.2) is 27.4 Å². The molecule has 0 amide bonds. The van der Waals surface area contributed by atoms with Crippen molar-refractivity contribution in [2.45, 2.75) is 6.61 Å². The molecule has 0 saturated carbocycles. The highest BCUT2D eigenvalue weighted by Crippen LogP contribution is 2.31. The largest absolute Gasteiger partial charge is 0.391 e. The van der Waals surface area contributed by atoms with Gasteiger partial charge in [0.05, 0.1) is 23.2 Å². The zero-order valence-electron chi connectivity index (χ0n) is 8.76. The van der Waals surface area contributed by atoms with E-state index in [0.717, 1.165) is 12.1 Å². The quantitative estimate of drug-likeness (QED) is 0.694. The molecule has 0 aliphatic carbocycles. The lowest BCUT2D eigenvalue weighted by molar-refractivity contribution is -0.385. The van der Waals surface area contributed by atoms with E-state index in [4.69, 9.17) is 9.63 Å². The van der Waals surface area contributed by atoms with Crippen LogP contribution in [0.25, 0.3) is 11.3 Å². The second-order valence-corrected chi connectivity index (χ2v) is 4.08. The smallest absolute Gasteiger partial charge is 0.272 e. The average Bonchev–Trinajstić information content (AvgIpc) is 2.70. The maximum Gasteiger partial charge on any atom is 0.272 e. The minimum Gasteiger partial charge on any atom is -0.391 e. The van der Waals surface area contributed by atoms with Gasteiger partial charge >= 0.3 is 0 Å². The van der Waals surface area contributed by atoms with Gasteiger partial charge in [0.2, 0.25) is 4.67 Å². The molecule has 8 heteroatoms. The Morgan fingerprint density at radius 3 is 2.83 bits per heavy atom. The maximum atomic E-state index is 13.7. The summed E-state index contributed by atoms with van der Waals surface area (Å²) in [6.45, 7) is -0.393. The number of nitro groups is 1. The van der Waals surface area contributed by atoms with Crippen LogP contribution in [0.2, 0.25) is 0 Å². The van der Waals surface area contributed by atoms with Crippen molar-refractivity contribution in [2.24, 2.45) is 0 Å². The molecular weight excluding hydrogens is 311 g/mol. The van der Waals surface area contributed by atoms with Crippen LogP contribution >= 0.6 is 15.9 Å². The lowest BCUT2D eigenvalue weighted by Gasteiger charge is -2.01. The first-order valence-electron chi connectivity index (χ1n) is 4.73. The van der Waals surface area contributed by atoms with Crippen LogP contribution in [-0.4, -0.2) is 15.2 Å². The average molecular weight is 317 g/mol. The van der Waals surface area contributed by atoms with E-state index in [2.05, 4.69) is 21.1 Å². The van der Waals surface area contributed by atoms with Gasteiger partial charge < -0.3 is 9.63 Å². The highest BCUT2D eigenvalue weighted by atomic mass is 79.9. The second-order valence-electron chi connectivity index (χ2n) is 3.36. The van der Waals surface area contributed by atoms with Crippen LogP contribution in [-0.2, 0) is 6.61 Å². The number of aliphatic hydroxyl groups excluding tert-OH is 1. The summed E-state index contributed by atoms with van der Waals surface area (Å²) in [4.78, 5) is 9.79. The molecule has 0 unspecified atom stereocenters. The monoisotopic (exact) mass is 316 g/mol. The Balaban J connectivity index is 2.54. The fraction of sp³-hybridized carbons (Fsp3) is 0.100. The van der Waals surface area contributed by atoms with Crippen LogP contribution in [0, 0.1) is 15.9 Å². The van der Waals surface area contributed by atoms with Gasteiger partial charge in [0.1, 0.15) is 11.5 Å². The number of nitro benzene ring substituents is 1. The topological polar surface area (TPSA) is 89.4 Å². The molecule has 18 heavy (non-hydrogen) atoms. The molecule has 0 atom stereocenters. The van der Waals surface area contributed by atoms with Crippen molar-refractivity contribution in [3.8, 4) is 11.3 Å². The summed E-state index contributed by atoms with van der Waals surface area (Å²) in [6, 6.07) is 3.16. The van der Waals surface area contributed by atoms with E-state index in [1.165, 1.54) is 6.07 Å². The summed E-state index contributed by atoms with van der Waals surface area (Å²) in [5, 5.41) is 23.2. The number of nitrogens with zero attached hydrogens (tertiary/aromatic N) is 2. The Labute approximate surface area is 108 Å². The summed E-state index contributed by atoms with van der Waals surface area (Å²) in [6.07, 6.45) is 0. The minimum absolute atomic E-state index is 0.0269. The van der Waals surface area contributed by atoms with Gasteiger partial charge in [-0.15, -0.1) is 0 Å². The summed E-state index contributed by atoms with van der Waals surface area (Å²) in [5.74, 6) is -0.806. The number of rotatable bonds is 3. The Hall–Kier alpha value is -1.80. The molecule has 2 aromatic rings. The third kappa shape index (κ3) is 2.12. The third-order valence-corrected chi connectivity index (χ3v) is 2.94. The maximum absolute atomic E-state index is 13.7. The van der Waals surface area contributed by atoms with E-state index in [0.29, 0.717) is 0 Å². The molecule has 0 spiro atoms. The first-order chi connectivity index (χ1) is 8.54. The van der Waals surface area contributed by atoms with E-state index < -0.39 is 17.3 Å². The minimum atomic E-state index is -0.806. The molecule has 1 aromatic heterocycles. The van der Waals surface area contributed by atoms with Crippen molar-refractivity contribution in [1.29, 1.82) is 0 Å². The molecular formula is C10H6BrFN2O4. The summed E-state index contributed by atoms with van der Waals surface area (Å²) in [7, 11) is 0. The Morgan fingerprint density at radius 1 is 1.56 bits per heavy atom. The van der Waals surface area contributed by atoms with Crippen LogP contribution in [0.4, 0.5) is 10.1 Å². The van der Waals surface area contributed by atoms with Crippen LogP contribution < -0.4 is 0 Å². The van der Waals surface area contributed by atoms with Gasteiger partial charge in [0.25, 0.3) is 5.69 Å². The predicted octanol–water partition coefficient (Wildman–Crippen LogP) is 2.64. The van der Waals surface area contributed by atoms with Gasteiger partial charge in [0, 0.05) is 11.6 Å². The normalized spacial score (nSPS) is 10.6. The molecule has 0 aliphatic rings. The zero-order valence-corrected chi connectivity index (χ0v) is 10.3. The van der Waals surface area contributed by atoms with Crippen LogP contribution in [0.3, 0.4) is 0 Å². The molecule has 0 radical (unpaired) electrons. The van der Waals surface area contributed by atoms with Crippen molar-refractivity contribution in [3.05, 3.63) is 44.4 Å². The van der Waals surface area contributed by atoms with E-state index in [1.54, 1.807) is 0 Å². The van der Waals surface area contributed by atoms with Gasteiger partial charge in [0.15, 0.2) is 0 Å². The number of halogens is 2. The van der Waals surface area contributed by atoms with Gasteiger partial charge in [-0.2, -0.15) is 0 Å². The molecule has 94 valence electrons. The SMILES string of the molecule is O=[N+]([O-])c1ccc(-c2noc(Br)c2CO)c(F)c1. The Bertz CT molecular complexity index is 614. The van der Waals surface area contributed by atoms with E-state index in [9.17, 15) is 14.5 Å². The van der Waals surface area contributed by atoms with Crippen molar-refractivity contribution in [2.75, 3.05) is 0 Å². The number of hydrogen-bond acceptors (Lipinski definition) is 5. The standard InChI is InChI=1S/C10H6BrFN2O4/c11-10-7(4-15)9(13-18-10)6-2-1-5(14(16)17)3-8(6)12/h1-3,15H,4H2. The van der Waals surface area contributed by atoms with E-state index >= 15 is 0 Å². The fourth-order valence-corrected chi connectivity index (χ4v) is 1.83. The zero-order chi connectivity index (χ0) is 13.3. The highest BCUT2D eigenvalue weighted by Gasteiger charge is 2.20. The Morgan fingerprint density at radius 2 is 2.28 bits per heavy atom. The fourth-order valence-electron chi connectivity index (χ4n) is 1.45. The summed E-state index contributed by atoms with van der Waals surface area (Å²) in [5.41, 5.74) is 0.0583. The van der Waals surface area contributed by atoms with Crippen molar-refractivity contribution in [1.82, 2.24) is 5.16 Å². The number of aromatic nitrogens is 1. The van der Waals surface area contributed by atoms with Crippen LogP contribution in [0.5, 0.6) is 0 Å². The van der Waals surface area contributed by atoms with Gasteiger partial charge in [-0.1, -0.05) is 5.16 Å². The van der Waals surface area contributed by atoms with Gasteiger partial charge in [-0.25, -0.2) is 4.39 Å². The number of hydrogen-bond donors (Lipinski definition) is 1. The second kappa shape index (κ2) is 4.83. The Kier molecular flexibility index (Phi) is 3.39. The van der Waals surface area contributed by atoms with Crippen LogP contribution in [0.1, 0.15) is 5.56 Å².